The SMILES string of the molecule is C=CCON=C(C(=O)NC1C(=O)N2C(C(=O)O)=CCS[C@H]12)c1nsc(N)n1. The van der Waals surface area contributed by atoms with Crippen LogP contribution >= 0.6 is 23.3 Å². The van der Waals surface area contributed by atoms with Gasteiger partial charge in [-0.2, -0.15) is 9.36 Å². The Morgan fingerprint density at radius 2 is 2.37 bits per heavy atom. The molecule has 11 nitrogen and oxygen atoms in total. The Morgan fingerprint density at radius 1 is 1.59 bits per heavy atom. The van der Waals surface area contributed by atoms with Crippen LogP contribution in [-0.4, -0.2) is 66.6 Å². The zero-order valence-corrected chi connectivity index (χ0v) is 15.3. The molecule has 2 aliphatic rings. The average molecular weight is 410 g/mol. The number of rotatable bonds is 7. The number of fused-ring (bicyclic) bond motifs is 1. The van der Waals surface area contributed by atoms with Gasteiger partial charge in [0.1, 0.15) is 23.7 Å². The highest BCUT2D eigenvalue weighted by Crippen LogP contribution is 2.37. The molecule has 0 radical (unpaired) electrons. The van der Waals surface area contributed by atoms with Gasteiger partial charge in [0.2, 0.25) is 11.5 Å². The van der Waals surface area contributed by atoms with Crippen molar-refractivity contribution in [3.05, 3.63) is 30.3 Å². The van der Waals surface area contributed by atoms with E-state index in [1.54, 1.807) is 0 Å². The predicted octanol–water partition coefficient (Wildman–Crippen LogP) is -0.605. The Morgan fingerprint density at radius 3 is 3.00 bits per heavy atom. The summed E-state index contributed by atoms with van der Waals surface area (Å²) in [4.78, 5) is 46.2. The van der Waals surface area contributed by atoms with Crippen LogP contribution in [0.3, 0.4) is 0 Å². The molecule has 4 N–H and O–H groups in total. The van der Waals surface area contributed by atoms with Crippen LogP contribution in [0.1, 0.15) is 5.82 Å². The number of nitrogens with one attached hydrogen (secondary N) is 1. The molecular weight excluding hydrogens is 396 g/mol. The number of thioether (sulfide) groups is 1. The van der Waals surface area contributed by atoms with Gasteiger partial charge in [0, 0.05) is 17.3 Å². The van der Waals surface area contributed by atoms with Gasteiger partial charge in [0.05, 0.1) is 0 Å². The van der Waals surface area contributed by atoms with E-state index in [0.717, 1.165) is 16.4 Å². The van der Waals surface area contributed by atoms with Gasteiger partial charge in [-0.05, 0) is 6.08 Å². The van der Waals surface area contributed by atoms with Gasteiger partial charge in [-0.1, -0.05) is 17.8 Å². The first-order valence-corrected chi connectivity index (χ1v) is 9.35. The largest absolute Gasteiger partial charge is 0.477 e. The maximum Gasteiger partial charge on any atom is 0.352 e. The van der Waals surface area contributed by atoms with Crippen LogP contribution in [-0.2, 0) is 19.2 Å². The van der Waals surface area contributed by atoms with Gasteiger partial charge >= 0.3 is 5.97 Å². The van der Waals surface area contributed by atoms with Gasteiger partial charge < -0.3 is 21.0 Å². The number of carbonyl (C=O) groups excluding carboxylic acids is 2. The average Bonchev–Trinajstić information content (AvgIpc) is 3.08. The lowest BCUT2D eigenvalue weighted by Crippen LogP contribution is -2.70. The molecule has 0 aromatic carbocycles. The Bertz CT molecular complexity index is 866. The van der Waals surface area contributed by atoms with Crippen LogP contribution in [0.5, 0.6) is 0 Å². The molecule has 1 fully saturated rings. The third-order valence-electron chi connectivity index (χ3n) is 3.57. The number of amides is 2. The molecule has 0 spiro atoms. The van der Waals surface area contributed by atoms with Crippen LogP contribution in [0.25, 0.3) is 0 Å². The Kier molecular flexibility index (Phi) is 5.41. The van der Waals surface area contributed by atoms with Crippen LogP contribution in [0.2, 0.25) is 0 Å². The van der Waals surface area contributed by atoms with Crippen LogP contribution in [0.15, 0.2) is 29.6 Å². The van der Waals surface area contributed by atoms with E-state index in [4.69, 9.17) is 10.6 Å². The number of nitrogens with two attached hydrogens (primary N) is 1. The minimum atomic E-state index is -1.19. The highest BCUT2D eigenvalue weighted by molar-refractivity contribution is 8.00. The topological polar surface area (TPSA) is 160 Å². The van der Waals surface area contributed by atoms with Crippen molar-refractivity contribution in [3.63, 3.8) is 0 Å². The van der Waals surface area contributed by atoms with Crippen molar-refractivity contribution < 1.29 is 24.3 Å². The van der Waals surface area contributed by atoms with Crippen molar-refractivity contribution >= 4 is 51.9 Å². The van der Waals surface area contributed by atoms with E-state index in [1.807, 2.05) is 0 Å². The lowest BCUT2D eigenvalue weighted by Gasteiger charge is -2.48. The monoisotopic (exact) mass is 410 g/mol. The highest BCUT2D eigenvalue weighted by atomic mass is 32.2. The van der Waals surface area contributed by atoms with E-state index in [0.29, 0.717) is 5.75 Å². The lowest BCUT2D eigenvalue weighted by molar-refractivity contribution is -0.150. The molecule has 2 aliphatic heterocycles. The zero-order chi connectivity index (χ0) is 19.6. The second-order valence-corrected chi connectivity index (χ2v) is 7.19. The molecule has 0 saturated carbocycles. The maximum atomic E-state index is 12.6. The third-order valence-corrected chi connectivity index (χ3v) is 5.30. The third kappa shape index (κ3) is 3.64. The summed E-state index contributed by atoms with van der Waals surface area (Å²) in [6.07, 6.45) is 2.89. The molecule has 1 saturated heterocycles. The van der Waals surface area contributed by atoms with Gasteiger partial charge in [-0.25, -0.2) is 4.79 Å². The Balaban J connectivity index is 1.76. The molecule has 3 heterocycles. The first-order chi connectivity index (χ1) is 12.9. The molecule has 142 valence electrons. The number of carboxylic acid groups (broad SMARTS) is 1. The molecule has 1 aromatic heterocycles. The Hall–Kier alpha value is -2.93. The van der Waals surface area contributed by atoms with Crippen LogP contribution < -0.4 is 11.1 Å². The molecule has 27 heavy (non-hydrogen) atoms. The highest BCUT2D eigenvalue weighted by Gasteiger charge is 2.53. The van der Waals surface area contributed by atoms with Gasteiger partial charge in [-0.15, -0.1) is 11.8 Å². The standard InChI is InChI=1S/C14H14N6O5S2/c1-2-4-25-18-7(9-17-14(15)27-19-9)10(21)16-8-11(22)20-6(13(23)24)3-5-26-12(8)20/h2-3,8,12H,1,4-5H2,(H,16,21)(H,23,24)(H2,15,17,19)/t8?,12-/m1/s1. The van der Waals surface area contributed by atoms with Gasteiger partial charge in [0.25, 0.3) is 11.8 Å². The van der Waals surface area contributed by atoms with Crippen molar-refractivity contribution in [2.45, 2.75) is 11.4 Å². The van der Waals surface area contributed by atoms with E-state index >= 15 is 0 Å². The van der Waals surface area contributed by atoms with Crippen molar-refractivity contribution in [3.8, 4) is 0 Å². The molecule has 1 aromatic rings. The van der Waals surface area contributed by atoms with E-state index in [-0.39, 0.29) is 29.0 Å². The van der Waals surface area contributed by atoms with Crippen molar-refractivity contribution in [1.29, 1.82) is 0 Å². The minimum absolute atomic E-state index is 0.0369. The van der Waals surface area contributed by atoms with Crippen LogP contribution in [0.4, 0.5) is 5.13 Å². The molecule has 2 atom stereocenters. The van der Waals surface area contributed by atoms with E-state index in [1.165, 1.54) is 23.9 Å². The fourth-order valence-corrected chi connectivity index (χ4v) is 4.05. The van der Waals surface area contributed by atoms with Gasteiger partial charge in [-0.3, -0.25) is 14.5 Å². The smallest absolute Gasteiger partial charge is 0.352 e. The fourth-order valence-electron chi connectivity index (χ4n) is 2.42. The number of hydrogen-bond acceptors (Lipinski definition) is 10. The number of anilines is 1. The van der Waals surface area contributed by atoms with Crippen molar-refractivity contribution in [2.75, 3.05) is 18.1 Å². The molecule has 0 bridgehead atoms. The first-order valence-electron chi connectivity index (χ1n) is 7.53. The Labute approximate surface area is 161 Å². The van der Waals surface area contributed by atoms with E-state index in [9.17, 15) is 19.5 Å². The molecule has 3 rings (SSSR count). The lowest BCUT2D eigenvalue weighted by atomic mass is 10.0. The normalized spacial score (nSPS) is 21.6. The number of aromatic nitrogens is 2. The fraction of sp³-hybridized carbons (Fsp3) is 0.286. The number of nitrogen functional groups attached to an aromatic ring is 1. The quantitative estimate of drug-likeness (QED) is 0.175. The summed E-state index contributed by atoms with van der Waals surface area (Å²) in [6.45, 7) is 3.53. The number of nitrogens with zero attached hydrogens (tertiary/aromatic N) is 4. The second-order valence-electron chi connectivity index (χ2n) is 5.26. The van der Waals surface area contributed by atoms with E-state index in [2.05, 4.69) is 26.4 Å². The molecule has 13 heteroatoms. The molecular formula is C14H14N6O5S2. The summed E-state index contributed by atoms with van der Waals surface area (Å²) in [5.41, 5.74) is 5.20. The molecule has 0 aliphatic carbocycles. The predicted molar refractivity (Wildman–Crippen MR) is 97.7 cm³/mol. The minimum Gasteiger partial charge on any atom is -0.477 e. The number of hydrogen-bond donors (Lipinski definition) is 3. The summed E-state index contributed by atoms with van der Waals surface area (Å²) >= 11 is 2.22. The number of β-lactam (4-membered cyclic amide) rings is 1. The second kappa shape index (κ2) is 7.75. The first kappa shape index (κ1) is 18.8. The van der Waals surface area contributed by atoms with Gasteiger partial charge in [0.15, 0.2) is 5.13 Å². The number of carboxylic acids is 1. The summed E-state index contributed by atoms with van der Waals surface area (Å²) in [5, 5.41) is 15.0. The van der Waals surface area contributed by atoms with Crippen molar-refractivity contribution in [2.24, 2.45) is 5.16 Å². The summed E-state index contributed by atoms with van der Waals surface area (Å²) in [6, 6.07) is -0.897. The van der Waals surface area contributed by atoms with Crippen molar-refractivity contribution in [1.82, 2.24) is 19.6 Å². The maximum absolute atomic E-state index is 12.6. The summed E-state index contributed by atoms with van der Waals surface area (Å²) in [7, 11) is 0. The number of oxime groups is 1. The number of carbonyl (C=O) groups is 3. The summed E-state index contributed by atoms with van der Waals surface area (Å²) in [5.74, 6) is -2.07. The zero-order valence-electron chi connectivity index (χ0n) is 13.7. The molecule has 2 amide bonds. The van der Waals surface area contributed by atoms with Crippen LogP contribution in [0, 0.1) is 0 Å². The molecule has 1 unspecified atom stereocenters. The summed E-state index contributed by atoms with van der Waals surface area (Å²) < 4.78 is 3.92. The number of aliphatic carboxylic acids is 1. The van der Waals surface area contributed by atoms with E-state index < -0.39 is 29.2 Å².